The maximum atomic E-state index is 12.3. The molecule has 3 rings (SSSR count). The van der Waals surface area contributed by atoms with Crippen LogP contribution < -0.4 is 14.8 Å². The van der Waals surface area contributed by atoms with E-state index in [0.717, 1.165) is 5.56 Å². The van der Waals surface area contributed by atoms with Crippen molar-refractivity contribution in [3.63, 3.8) is 0 Å². The Hall–Kier alpha value is -2.53. The third kappa shape index (κ3) is 4.31. The summed E-state index contributed by atoms with van der Waals surface area (Å²) in [5, 5.41) is 3.41. The second-order valence-electron chi connectivity index (χ2n) is 5.79. The number of fused-ring (bicyclic) bond motifs is 1. The predicted molar refractivity (Wildman–Crippen MR) is 95.8 cm³/mol. The lowest BCUT2D eigenvalue weighted by Gasteiger charge is -2.18. The van der Waals surface area contributed by atoms with Gasteiger partial charge in [0.25, 0.3) is 0 Å². The topological polar surface area (TPSA) is 64.6 Å². The van der Waals surface area contributed by atoms with Crippen molar-refractivity contribution >= 4 is 29.0 Å². The van der Waals surface area contributed by atoms with Crippen LogP contribution in [0.25, 0.3) is 0 Å². The minimum atomic E-state index is -0.212. The van der Waals surface area contributed by atoms with Gasteiger partial charge in [0.15, 0.2) is 17.3 Å². The molecule has 0 bridgehead atoms. The molecule has 2 aromatic rings. The van der Waals surface area contributed by atoms with Gasteiger partial charge in [0.1, 0.15) is 13.2 Å². The van der Waals surface area contributed by atoms with Crippen LogP contribution in [0.4, 0.5) is 5.69 Å². The minimum Gasteiger partial charge on any atom is -0.486 e. The fourth-order valence-corrected chi connectivity index (χ4v) is 2.79. The molecule has 130 valence electrons. The monoisotopic (exact) mass is 359 g/mol. The minimum absolute atomic E-state index is 0.106. The fraction of sp³-hybridized carbons (Fsp3) is 0.263. The Kier molecular flexibility index (Phi) is 5.24. The van der Waals surface area contributed by atoms with Gasteiger partial charge in [-0.3, -0.25) is 9.59 Å². The zero-order valence-electron chi connectivity index (χ0n) is 13.8. The first kappa shape index (κ1) is 17.3. The average molecular weight is 360 g/mol. The predicted octanol–water partition coefficient (Wildman–Crippen LogP) is 4.02. The highest BCUT2D eigenvalue weighted by Crippen LogP contribution is 2.31. The second kappa shape index (κ2) is 7.57. The number of ether oxygens (including phenoxy) is 2. The summed E-state index contributed by atoms with van der Waals surface area (Å²) in [4.78, 5) is 24.4. The summed E-state index contributed by atoms with van der Waals surface area (Å²) in [5.74, 6) is 0.883. The number of aryl methyl sites for hydroxylation is 1. The quantitative estimate of drug-likeness (QED) is 0.819. The van der Waals surface area contributed by atoms with Gasteiger partial charge in [-0.2, -0.15) is 0 Å². The third-order valence-corrected chi connectivity index (χ3v) is 4.14. The van der Waals surface area contributed by atoms with Crippen LogP contribution in [0.3, 0.4) is 0 Å². The number of halogens is 1. The number of rotatable bonds is 5. The number of anilines is 1. The molecular formula is C19H18ClNO4. The summed E-state index contributed by atoms with van der Waals surface area (Å²) in [7, 11) is 0. The van der Waals surface area contributed by atoms with Crippen LogP contribution in [0, 0.1) is 6.92 Å². The van der Waals surface area contributed by atoms with E-state index in [4.69, 9.17) is 21.1 Å². The fourth-order valence-electron chi connectivity index (χ4n) is 2.57. The first-order valence-corrected chi connectivity index (χ1v) is 8.39. The highest BCUT2D eigenvalue weighted by molar-refractivity contribution is 6.30. The van der Waals surface area contributed by atoms with Crippen molar-refractivity contribution in [1.29, 1.82) is 0 Å². The summed E-state index contributed by atoms with van der Waals surface area (Å²) < 4.78 is 10.9. The lowest BCUT2D eigenvalue weighted by molar-refractivity contribution is -0.116. The molecule has 0 fully saturated rings. The molecule has 0 aromatic heterocycles. The van der Waals surface area contributed by atoms with E-state index < -0.39 is 0 Å². The van der Waals surface area contributed by atoms with Crippen LogP contribution >= 0.6 is 11.6 Å². The number of amides is 1. The molecule has 6 heteroatoms. The standard InChI is InChI=1S/C19H18ClNO4/c1-12-10-14(20)3-4-15(12)21-19(23)7-5-16(22)13-2-6-17-18(11-13)25-9-8-24-17/h2-4,6,10-11H,5,7-9H2,1H3,(H,21,23). The molecule has 0 radical (unpaired) electrons. The summed E-state index contributed by atoms with van der Waals surface area (Å²) >= 11 is 5.90. The van der Waals surface area contributed by atoms with Crippen molar-refractivity contribution in [3.05, 3.63) is 52.5 Å². The van der Waals surface area contributed by atoms with Crippen molar-refractivity contribution in [2.24, 2.45) is 0 Å². The maximum Gasteiger partial charge on any atom is 0.224 e. The Morgan fingerprint density at radius 2 is 1.80 bits per heavy atom. The van der Waals surface area contributed by atoms with Crippen molar-refractivity contribution in [1.82, 2.24) is 0 Å². The van der Waals surface area contributed by atoms with Crippen molar-refractivity contribution < 1.29 is 19.1 Å². The van der Waals surface area contributed by atoms with E-state index in [1.54, 1.807) is 36.4 Å². The van der Waals surface area contributed by atoms with Gasteiger partial charge in [0.2, 0.25) is 5.91 Å². The Balaban J connectivity index is 1.57. The molecule has 2 aromatic carbocycles. The lowest BCUT2D eigenvalue weighted by atomic mass is 10.1. The molecule has 0 spiro atoms. The Bertz CT molecular complexity index is 819. The van der Waals surface area contributed by atoms with E-state index >= 15 is 0 Å². The number of carbonyl (C=O) groups is 2. The number of benzene rings is 2. The van der Waals surface area contributed by atoms with Crippen molar-refractivity contribution in [2.75, 3.05) is 18.5 Å². The molecule has 25 heavy (non-hydrogen) atoms. The molecule has 1 amide bonds. The molecule has 1 aliphatic rings. The second-order valence-corrected chi connectivity index (χ2v) is 6.23. The number of ketones is 1. The van der Waals surface area contributed by atoms with Gasteiger partial charge in [-0.05, 0) is 48.9 Å². The Morgan fingerprint density at radius 3 is 2.56 bits per heavy atom. The van der Waals surface area contributed by atoms with Gasteiger partial charge in [0, 0.05) is 29.1 Å². The van der Waals surface area contributed by atoms with Crippen LogP contribution in [0.5, 0.6) is 11.5 Å². The first-order valence-electron chi connectivity index (χ1n) is 8.02. The first-order chi connectivity index (χ1) is 12.0. The van der Waals surface area contributed by atoms with Crippen LogP contribution in [-0.4, -0.2) is 24.9 Å². The van der Waals surface area contributed by atoms with Crippen LogP contribution in [0.2, 0.25) is 5.02 Å². The molecule has 0 unspecified atom stereocenters. The van der Waals surface area contributed by atoms with E-state index in [9.17, 15) is 9.59 Å². The summed E-state index contributed by atoms with van der Waals surface area (Å²) in [6.07, 6.45) is 0.230. The number of hydrogen-bond donors (Lipinski definition) is 1. The number of nitrogens with one attached hydrogen (secondary N) is 1. The van der Waals surface area contributed by atoms with Gasteiger partial charge in [-0.25, -0.2) is 0 Å². The summed E-state index contributed by atoms with van der Waals surface area (Å²) in [6.45, 7) is 2.83. The molecule has 5 nitrogen and oxygen atoms in total. The van der Waals surface area contributed by atoms with E-state index in [1.807, 2.05) is 6.92 Å². The molecule has 1 aliphatic heterocycles. The molecule has 0 saturated carbocycles. The van der Waals surface area contributed by atoms with Crippen molar-refractivity contribution in [3.8, 4) is 11.5 Å². The third-order valence-electron chi connectivity index (χ3n) is 3.91. The van der Waals surface area contributed by atoms with Gasteiger partial charge in [0.05, 0.1) is 0 Å². The summed E-state index contributed by atoms with van der Waals surface area (Å²) in [5.41, 5.74) is 2.08. The Labute approximate surface area is 150 Å². The van der Waals surface area contributed by atoms with E-state index in [0.29, 0.717) is 41.0 Å². The average Bonchev–Trinajstić information content (AvgIpc) is 2.61. The smallest absolute Gasteiger partial charge is 0.224 e. The normalized spacial score (nSPS) is 12.6. The maximum absolute atomic E-state index is 12.3. The zero-order chi connectivity index (χ0) is 17.8. The van der Waals surface area contributed by atoms with E-state index in [-0.39, 0.29) is 24.5 Å². The van der Waals surface area contributed by atoms with Crippen LogP contribution in [0.1, 0.15) is 28.8 Å². The van der Waals surface area contributed by atoms with E-state index in [1.165, 1.54) is 0 Å². The van der Waals surface area contributed by atoms with Gasteiger partial charge < -0.3 is 14.8 Å². The van der Waals surface area contributed by atoms with Crippen LogP contribution in [0.15, 0.2) is 36.4 Å². The highest BCUT2D eigenvalue weighted by atomic mass is 35.5. The number of Topliss-reactive ketones (excluding diaryl/α,β-unsaturated/α-hetero) is 1. The van der Waals surface area contributed by atoms with Crippen molar-refractivity contribution in [2.45, 2.75) is 19.8 Å². The van der Waals surface area contributed by atoms with Gasteiger partial charge >= 0.3 is 0 Å². The van der Waals surface area contributed by atoms with Crippen LogP contribution in [-0.2, 0) is 4.79 Å². The Morgan fingerprint density at radius 1 is 1.04 bits per heavy atom. The number of carbonyl (C=O) groups excluding carboxylic acids is 2. The number of hydrogen-bond acceptors (Lipinski definition) is 4. The molecule has 0 saturated heterocycles. The summed E-state index contributed by atoms with van der Waals surface area (Å²) in [6, 6.07) is 10.3. The molecule has 1 N–H and O–H groups in total. The highest BCUT2D eigenvalue weighted by Gasteiger charge is 2.16. The molecular weight excluding hydrogens is 342 g/mol. The van der Waals surface area contributed by atoms with Gasteiger partial charge in [-0.1, -0.05) is 11.6 Å². The van der Waals surface area contributed by atoms with Gasteiger partial charge in [-0.15, -0.1) is 0 Å². The molecule has 0 aliphatic carbocycles. The lowest BCUT2D eigenvalue weighted by Crippen LogP contribution is -2.16. The molecule has 0 atom stereocenters. The zero-order valence-corrected chi connectivity index (χ0v) is 14.6. The van der Waals surface area contributed by atoms with E-state index in [2.05, 4.69) is 5.32 Å². The molecule has 1 heterocycles. The SMILES string of the molecule is Cc1cc(Cl)ccc1NC(=O)CCC(=O)c1ccc2c(c1)OCCO2. The largest absolute Gasteiger partial charge is 0.486 e.